The number of ketones is 1. The van der Waals surface area contributed by atoms with Crippen LogP contribution in [0.1, 0.15) is 103 Å². The van der Waals surface area contributed by atoms with Crippen molar-refractivity contribution >= 4 is 11.9 Å². The highest BCUT2D eigenvalue weighted by atomic mass is 16.6. The molecule has 0 radical (unpaired) electrons. The van der Waals surface area contributed by atoms with Gasteiger partial charge in [0, 0.05) is 29.4 Å². The number of allylic oxidation sites excluding steroid dienone is 5. The van der Waals surface area contributed by atoms with Crippen molar-refractivity contribution in [2.75, 3.05) is 0 Å². The van der Waals surface area contributed by atoms with Gasteiger partial charge in [-0.1, -0.05) is 41.5 Å². The molecule has 6 aliphatic rings. The lowest BCUT2D eigenvalue weighted by Crippen LogP contribution is -2.73. The zero-order valence-electron chi connectivity index (χ0n) is 26.8. The smallest absolute Gasteiger partial charge is 0.200 e. The van der Waals surface area contributed by atoms with Crippen LogP contribution in [0.2, 0.25) is 0 Å². The van der Waals surface area contributed by atoms with E-state index in [1.165, 1.54) is 5.57 Å². The first-order valence-electron chi connectivity index (χ1n) is 15.7. The van der Waals surface area contributed by atoms with Crippen LogP contribution in [0, 0.1) is 11.8 Å². The minimum absolute atomic E-state index is 0.119. The Hall–Kier alpha value is -3.09. The van der Waals surface area contributed by atoms with Crippen LogP contribution in [0.3, 0.4) is 0 Å². The first kappa shape index (κ1) is 30.0. The van der Waals surface area contributed by atoms with Crippen molar-refractivity contribution in [2.45, 2.75) is 116 Å². The van der Waals surface area contributed by atoms with Crippen molar-refractivity contribution in [3.8, 4) is 17.2 Å². The minimum atomic E-state index is -1.20. The number of phenols is 1. The summed E-state index contributed by atoms with van der Waals surface area (Å²) in [4.78, 5) is 14.7. The SMILES string of the molecule is C/C=C/CC12OC(C)(C)C3CC(C=C4C(=O)c5c(O)c6c(c(CC=C(C)C)c5OC431)O[C@](C)(CCC=C(C)C)C=C6)C2O. The van der Waals surface area contributed by atoms with Gasteiger partial charge in [0.15, 0.2) is 11.4 Å². The van der Waals surface area contributed by atoms with Crippen molar-refractivity contribution in [3.63, 3.8) is 0 Å². The van der Waals surface area contributed by atoms with Gasteiger partial charge in [-0.05, 0) is 93.2 Å². The number of phenolic OH excluding ortho intramolecular Hbond substituents is 1. The summed E-state index contributed by atoms with van der Waals surface area (Å²) < 4.78 is 20.9. The zero-order valence-corrected chi connectivity index (χ0v) is 26.8. The topological polar surface area (TPSA) is 85.2 Å². The molecule has 3 aliphatic carbocycles. The largest absolute Gasteiger partial charge is 0.506 e. The Kier molecular flexibility index (Phi) is 6.94. The van der Waals surface area contributed by atoms with Crippen LogP contribution in [-0.4, -0.2) is 44.5 Å². The Morgan fingerprint density at radius 3 is 2.47 bits per heavy atom. The van der Waals surface area contributed by atoms with Crippen LogP contribution in [0.15, 0.2) is 53.2 Å². The van der Waals surface area contributed by atoms with Crippen LogP contribution in [0.25, 0.3) is 6.08 Å². The number of Topliss-reactive ketones (excluding diaryl/α,β-unsaturated/α-hetero) is 1. The number of hydrogen-bond donors (Lipinski definition) is 2. The molecule has 1 spiro atoms. The van der Waals surface area contributed by atoms with E-state index in [2.05, 4.69) is 32.9 Å². The average Bonchev–Trinajstić information content (AvgIpc) is 3.08. The molecule has 1 aromatic carbocycles. The maximum absolute atomic E-state index is 14.7. The molecule has 1 aromatic rings. The lowest BCUT2D eigenvalue weighted by molar-refractivity contribution is -0.204. The van der Waals surface area contributed by atoms with Gasteiger partial charge < -0.3 is 24.4 Å². The monoisotopic (exact) mass is 586 g/mol. The van der Waals surface area contributed by atoms with Crippen LogP contribution in [0.5, 0.6) is 17.2 Å². The molecule has 0 amide bonds. The summed E-state index contributed by atoms with van der Waals surface area (Å²) in [6.07, 6.45) is 16.3. The highest BCUT2D eigenvalue weighted by Gasteiger charge is 2.80. The van der Waals surface area contributed by atoms with E-state index >= 15 is 0 Å². The zero-order chi connectivity index (χ0) is 31.1. The number of carbonyl (C=O) groups is 1. The number of aliphatic hydroxyl groups excluding tert-OH is 1. The molecule has 3 aliphatic heterocycles. The second-order valence-electron chi connectivity index (χ2n) is 14.3. The van der Waals surface area contributed by atoms with Crippen molar-refractivity contribution in [1.82, 2.24) is 0 Å². The maximum atomic E-state index is 14.7. The quantitative estimate of drug-likeness (QED) is 0.321. The van der Waals surface area contributed by atoms with Gasteiger partial charge in [0.05, 0.1) is 17.3 Å². The first-order valence-corrected chi connectivity index (χ1v) is 15.7. The second kappa shape index (κ2) is 9.97. The summed E-state index contributed by atoms with van der Waals surface area (Å²) in [6.45, 7) is 16.3. The number of aliphatic hydroxyl groups is 1. The highest BCUT2D eigenvalue weighted by Crippen LogP contribution is 2.69. The molecule has 43 heavy (non-hydrogen) atoms. The molecule has 0 aromatic heterocycles. The Morgan fingerprint density at radius 2 is 1.79 bits per heavy atom. The second-order valence-corrected chi connectivity index (χ2v) is 14.3. The number of benzene rings is 1. The molecule has 7 rings (SSSR count). The van der Waals surface area contributed by atoms with Gasteiger partial charge >= 0.3 is 0 Å². The standard InChI is InChI=1S/C37H46O6/c1-9-10-17-36-33(40)23-19-26-30(39)28-29(38)24-15-18-35(8,16-11-12-21(2)3)41-31(24)25(14-13-22(4)5)32(28)42-37(26,36)27(20-23)34(6,7)43-36/h9-10,12-13,15,18-19,23,27,33,38,40H,11,14,16-17,20H2,1-8H3/b10-9+/t23?,27?,33?,35-,36?,37?/m1/s1. The van der Waals surface area contributed by atoms with Gasteiger partial charge in [-0.3, -0.25) is 4.79 Å². The lowest BCUT2D eigenvalue weighted by Gasteiger charge is -2.59. The Morgan fingerprint density at radius 1 is 1.07 bits per heavy atom. The number of aromatic hydroxyl groups is 1. The molecule has 2 fully saturated rings. The fraction of sp³-hybridized carbons (Fsp3) is 0.541. The van der Waals surface area contributed by atoms with E-state index in [4.69, 9.17) is 14.2 Å². The molecule has 230 valence electrons. The Balaban J connectivity index is 1.59. The minimum Gasteiger partial charge on any atom is -0.506 e. The number of carbonyl (C=O) groups excluding carboxylic acids is 1. The van der Waals surface area contributed by atoms with Gasteiger partial charge in [-0.15, -0.1) is 0 Å². The average molecular weight is 587 g/mol. The van der Waals surface area contributed by atoms with E-state index in [1.54, 1.807) is 0 Å². The predicted octanol–water partition coefficient (Wildman–Crippen LogP) is 7.58. The molecule has 6 atom stereocenters. The van der Waals surface area contributed by atoms with Crippen molar-refractivity contribution in [2.24, 2.45) is 11.8 Å². The molecular formula is C37H46O6. The number of hydrogen-bond acceptors (Lipinski definition) is 6. The van der Waals surface area contributed by atoms with Gasteiger partial charge in [0.2, 0.25) is 0 Å². The molecule has 1 saturated carbocycles. The van der Waals surface area contributed by atoms with E-state index in [0.29, 0.717) is 41.9 Å². The van der Waals surface area contributed by atoms with Gasteiger partial charge in [-0.25, -0.2) is 0 Å². The third-order valence-corrected chi connectivity index (χ3v) is 10.3. The number of fused-ring (bicyclic) bond motifs is 2. The molecule has 5 unspecified atom stereocenters. The van der Waals surface area contributed by atoms with Gasteiger partial charge in [-0.2, -0.15) is 0 Å². The Labute approximate surface area is 255 Å². The number of rotatable bonds is 7. The van der Waals surface area contributed by atoms with Gasteiger partial charge in [0.25, 0.3) is 0 Å². The number of ether oxygens (including phenoxy) is 3. The molecular weight excluding hydrogens is 540 g/mol. The fourth-order valence-corrected chi connectivity index (χ4v) is 8.31. The normalized spacial score (nSPS) is 34.1. The van der Waals surface area contributed by atoms with Gasteiger partial charge in [0.1, 0.15) is 34.0 Å². The predicted molar refractivity (Wildman–Crippen MR) is 169 cm³/mol. The maximum Gasteiger partial charge on any atom is 0.200 e. The summed E-state index contributed by atoms with van der Waals surface area (Å²) in [6, 6.07) is 0. The van der Waals surface area contributed by atoms with E-state index in [-0.39, 0.29) is 28.9 Å². The third-order valence-electron chi connectivity index (χ3n) is 10.3. The Bertz CT molecular complexity index is 1530. The van der Waals surface area contributed by atoms with Crippen LogP contribution in [-0.2, 0) is 11.2 Å². The lowest BCUT2D eigenvalue weighted by atomic mass is 9.50. The third kappa shape index (κ3) is 4.16. The fourth-order valence-electron chi connectivity index (χ4n) is 8.31. The van der Waals surface area contributed by atoms with E-state index in [9.17, 15) is 15.0 Å². The molecule has 1 saturated heterocycles. The van der Waals surface area contributed by atoms with E-state index in [1.807, 2.05) is 65.0 Å². The van der Waals surface area contributed by atoms with Crippen LogP contribution >= 0.6 is 0 Å². The summed E-state index contributed by atoms with van der Waals surface area (Å²) in [5.74, 6) is 0.122. The molecule has 4 bridgehead atoms. The summed E-state index contributed by atoms with van der Waals surface area (Å²) >= 11 is 0. The summed E-state index contributed by atoms with van der Waals surface area (Å²) in [5, 5.41) is 23.6. The highest BCUT2D eigenvalue weighted by molar-refractivity contribution is 6.16. The molecule has 6 nitrogen and oxygen atoms in total. The van der Waals surface area contributed by atoms with Crippen molar-refractivity contribution < 1.29 is 29.2 Å². The molecule has 3 heterocycles. The molecule has 2 N–H and O–H groups in total. The van der Waals surface area contributed by atoms with Crippen molar-refractivity contribution in [3.05, 3.63) is 69.9 Å². The van der Waals surface area contributed by atoms with Crippen LogP contribution < -0.4 is 9.47 Å². The van der Waals surface area contributed by atoms with Crippen molar-refractivity contribution in [1.29, 1.82) is 0 Å². The van der Waals surface area contributed by atoms with E-state index < -0.39 is 28.5 Å². The first-order chi connectivity index (χ1) is 20.2. The van der Waals surface area contributed by atoms with E-state index in [0.717, 1.165) is 24.0 Å². The summed E-state index contributed by atoms with van der Waals surface area (Å²) in [5.41, 5.74) is 0.705. The van der Waals surface area contributed by atoms with Crippen LogP contribution in [0.4, 0.5) is 0 Å². The molecule has 6 heteroatoms. The summed E-state index contributed by atoms with van der Waals surface area (Å²) in [7, 11) is 0.